The number of nitrogens with one attached hydrogen (secondary N) is 2. The summed E-state index contributed by atoms with van der Waals surface area (Å²) in [4.78, 5) is 35.5. The molecule has 0 aromatic heterocycles. The summed E-state index contributed by atoms with van der Waals surface area (Å²) in [5.74, 6) is -0.465. The number of hydrogen-bond acceptors (Lipinski definition) is 6. The van der Waals surface area contributed by atoms with E-state index in [4.69, 9.17) is 9.47 Å². The van der Waals surface area contributed by atoms with Gasteiger partial charge in [-0.3, -0.25) is 9.59 Å². The zero-order valence-corrected chi connectivity index (χ0v) is 15.2. The second-order valence-corrected chi connectivity index (χ2v) is 5.41. The molecule has 0 fully saturated rings. The second kappa shape index (κ2) is 9.23. The minimum absolute atomic E-state index is 0.361. The van der Waals surface area contributed by atoms with Gasteiger partial charge < -0.3 is 24.8 Å². The highest BCUT2D eigenvalue weighted by Crippen LogP contribution is 2.29. The van der Waals surface area contributed by atoms with Crippen LogP contribution in [0.3, 0.4) is 0 Å². The molecule has 0 saturated carbocycles. The lowest BCUT2D eigenvalue weighted by Crippen LogP contribution is -2.21. The van der Waals surface area contributed by atoms with Gasteiger partial charge in [-0.25, -0.2) is 4.79 Å². The number of hydrogen-bond donors (Lipinski definition) is 2. The van der Waals surface area contributed by atoms with E-state index in [1.807, 2.05) is 0 Å². The van der Waals surface area contributed by atoms with Crippen molar-refractivity contribution in [2.75, 3.05) is 32.0 Å². The molecule has 0 saturated heterocycles. The summed E-state index contributed by atoms with van der Waals surface area (Å²) in [6.07, 6.45) is -0.381. The summed E-state index contributed by atoms with van der Waals surface area (Å²) >= 11 is 0. The topological polar surface area (TPSA) is 103 Å². The number of anilines is 2. The van der Waals surface area contributed by atoms with Gasteiger partial charge in [0, 0.05) is 11.8 Å². The summed E-state index contributed by atoms with van der Waals surface area (Å²) in [5, 5.41) is 5.21. The van der Waals surface area contributed by atoms with Gasteiger partial charge in [-0.1, -0.05) is 0 Å². The van der Waals surface area contributed by atoms with Gasteiger partial charge in [-0.2, -0.15) is 0 Å². The number of esters is 1. The lowest BCUT2D eigenvalue weighted by Gasteiger charge is -2.11. The molecule has 0 unspecified atom stereocenters. The Bertz CT molecular complexity index is 833. The van der Waals surface area contributed by atoms with Gasteiger partial charge in [0.25, 0.3) is 0 Å². The molecule has 0 aliphatic heterocycles. The van der Waals surface area contributed by atoms with Gasteiger partial charge in [0.05, 0.1) is 32.6 Å². The van der Waals surface area contributed by atoms with Crippen LogP contribution in [0.1, 0.15) is 16.8 Å². The minimum atomic E-state index is -0.498. The summed E-state index contributed by atoms with van der Waals surface area (Å²) in [6.45, 7) is 0. The Hall–Kier alpha value is -3.55. The molecular formula is C19H20N2O6. The number of ether oxygens (including phenoxy) is 3. The van der Waals surface area contributed by atoms with Crippen LogP contribution < -0.4 is 20.1 Å². The van der Waals surface area contributed by atoms with Crippen molar-refractivity contribution in [3.05, 3.63) is 48.0 Å². The van der Waals surface area contributed by atoms with Crippen molar-refractivity contribution in [3.63, 3.8) is 0 Å². The molecule has 0 aliphatic rings. The highest BCUT2D eigenvalue weighted by molar-refractivity contribution is 6.08. The Morgan fingerprint density at radius 3 is 2.11 bits per heavy atom. The van der Waals surface area contributed by atoms with Crippen molar-refractivity contribution < 1.29 is 28.6 Å². The third kappa shape index (κ3) is 5.46. The zero-order chi connectivity index (χ0) is 19.8. The molecule has 0 bridgehead atoms. The first-order valence-corrected chi connectivity index (χ1v) is 7.97. The molecule has 8 heteroatoms. The molecule has 0 aliphatic carbocycles. The van der Waals surface area contributed by atoms with Crippen molar-refractivity contribution in [1.82, 2.24) is 0 Å². The Kier molecular flexibility index (Phi) is 6.76. The number of carbonyl (C=O) groups excluding carboxylic acids is 3. The van der Waals surface area contributed by atoms with Crippen LogP contribution in [0.4, 0.5) is 11.4 Å². The van der Waals surface area contributed by atoms with Gasteiger partial charge in [-0.15, -0.1) is 0 Å². The molecule has 8 nitrogen and oxygen atoms in total. The SMILES string of the molecule is COC(=O)c1ccc(NC(=O)CC(=O)Nc2ccc(OC)cc2OC)cc1. The predicted molar refractivity (Wildman–Crippen MR) is 99.2 cm³/mol. The zero-order valence-electron chi connectivity index (χ0n) is 15.2. The van der Waals surface area contributed by atoms with Crippen molar-refractivity contribution in [2.24, 2.45) is 0 Å². The molecule has 142 valence electrons. The number of methoxy groups -OCH3 is 3. The molecule has 27 heavy (non-hydrogen) atoms. The first kappa shape index (κ1) is 19.8. The maximum atomic E-state index is 12.1. The van der Waals surface area contributed by atoms with Crippen molar-refractivity contribution in [1.29, 1.82) is 0 Å². The van der Waals surface area contributed by atoms with Crippen LogP contribution in [-0.4, -0.2) is 39.1 Å². The van der Waals surface area contributed by atoms with E-state index in [9.17, 15) is 14.4 Å². The van der Waals surface area contributed by atoms with Crippen LogP contribution in [0.5, 0.6) is 11.5 Å². The molecule has 2 aromatic carbocycles. The molecule has 2 aromatic rings. The van der Waals surface area contributed by atoms with Crippen molar-refractivity contribution in [2.45, 2.75) is 6.42 Å². The van der Waals surface area contributed by atoms with E-state index in [1.165, 1.54) is 33.5 Å². The molecule has 0 atom stereocenters. The van der Waals surface area contributed by atoms with Crippen molar-refractivity contribution in [3.8, 4) is 11.5 Å². The van der Waals surface area contributed by atoms with Gasteiger partial charge >= 0.3 is 5.97 Å². The normalized spacial score (nSPS) is 9.89. The molecule has 0 radical (unpaired) electrons. The van der Waals surface area contributed by atoms with Crippen LogP contribution in [0, 0.1) is 0 Å². The van der Waals surface area contributed by atoms with E-state index < -0.39 is 17.8 Å². The fourth-order valence-electron chi connectivity index (χ4n) is 2.25. The maximum Gasteiger partial charge on any atom is 0.337 e. The summed E-state index contributed by atoms with van der Waals surface area (Å²) < 4.78 is 14.9. The smallest absolute Gasteiger partial charge is 0.337 e. The standard InChI is InChI=1S/C19H20N2O6/c1-25-14-8-9-15(16(10-14)26-2)21-18(23)11-17(22)20-13-6-4-12(5-7-13)19(24)27-3/h4-10H,11H2,1-3H3,(H,20,22)(H,21,23). The van der Waals surface area contributed by atoms with E-state index in [-0.39, 0.29) is 6.42 Å². The van der Waals surface area contributed by atoms with E-state index >= 15 is 0 Å². The van der Waals surface area contributed by atoms with E-state index in [1.54, 1.807) is 30.3 Å². The number of carbonyl (C=O) groups is 3. The fourth-order valence-corrected chi connectivity index (χ4v) is 2.25. The molecule has 2 amide bonds. The van der Waals surface area contributed by atoms with Crippen LogP contribution >= 0.6 is 0 Å². The third-order valence-corrected chi connectivity index (χ3v) is 3.59. The molecule has 2 N–H and O–H groups in total. The van der Waals surface area contributed by atoms with Gasteiger partial charge in [0.2, 0.25) is 11.8 Å². The lowest BCUT2D eigenvalue weighted by molar-refractivity contribution is -0.123. The molecule has 2 rings (SSSR count). The highest BCUT2D eigenvalue weighted by atomic mass is 16.5. The maximum absolute atomic E-state index is 12.1. The molecular weight excluding hydrogens is 352 g/mol. The Morgan fingerprint density at radius 1 is 0.852 bits per heavy atom. The number of amides is 2. The Morgan fingerprint density at radius 2 is 1.52 bits per heavy atom. The Labute approximate surface area is 156 Å². The van der Waals surface area contributed by atoms with E-state index in [0.29, 0.717) is 28.4 Å². The largest absolute Gasteiger partial charge is 0.497 e. The van der Waals surface area contributed by atoms with Crippen LogP contribution in [0.2, 0.25) is 0 Å². The average molecular weight is 372 g/mol. The minimum Gasteiger partial charge on any atom is -0.497 e. The van der Waals surface area contributed by atoms with Crippen LogP contribution in [0.25, 0.3) is 0 Å². The highest BCUT2D eigenvalue weighted by Gasteiger charge is 2.13. The fraction of sp³-hybridized carbons (Fsp3) is 0.211. The van der Waals surface area contributed by atoms with Gasteiger partial charge in [0.15, 0.2) is 0 Å². The summed E-state index contributed by atoms with van der Waals surface area (Å²) in [5.41, 5.74) is 1.25. The Balaban J connectivity index is 1.94. The molecule has 0 heterocycles. The number of rotatable bonds is 7. The predicted octanol–water partition coefficient (Wildman–Crippen LogP) is 2.46. The molecule has 0 spiro atoms. The lowest BCUT2D eigenvalue weighted by atomic mass is 10.2. The van der Waals surface area contributed by atoms with Crippen LogP contribution in [-0.2, 0) is 14.3 Å². The van der Waals surface area contributed by atoms with Crippen LogP contribution in [0.15, 0.2) is 42.5 Å². The average Bonchev–Trinajstić information content (AvgIpc) is 2.68. The first-order chi connectivity index (χ1) is 13.0. The summed E-state index contributed by atoms with van der Waals surface area (Å²) in [6, 6.07) is 11.1. The second-order valence-electron chi connectivity index (χ2n) is 5.41. The quantitative estimate of drug-likeness (QED) is 0.572. The van der Waals surface area contributed by atoms with Crippen molar-refractivity contribution >= 4 is 29.2 Å². The number of benzene rings is 2. The van der Waals surface area contributed by atoms with Gasteiger partial charge in [0.1, 0.15) is 17.9 Å². The third-order valence-electron chi connectivity index (χ3n) is 3.59. The van der Waals surface area contributed by atoms with E-state index in [2.05, 4.69) is 15.4 Å². The van der Waals surface area contributed by atoms with Gasteiger partial charge in [-0.05, 0) is 36.4 Å². The monoisotopic (exact) mass is 372 g/mol. The van der Waals surface area contributed by atoms with E-state index in [0.717, 1.165) is 0 Å². The summed E-state index contributed by atoms with van der Waals surface area (Å²) in [7, 11) is 4.28. The first-order valence-electron chi connectivity index (χ1n) is 7.97.